The van der Waals surface area contributed by atoms with Gasteiger partial charge in [-0.25, -0.2) is 9.59 Å². The van der Waals surface area contributed by atoms with Gasteiger partial charge in [-0.3, -0.25) is 9.59 Å². The zero-order valence-corrected chi connectivity index (χ0v) is 18.0. The molecule has 1 unspecified atom stereocenters. The van der Waals surface area contributed by atoms with Crippen LogP contribution >= 0.6 is 0 Å². The Bertz CT molecular complexity index is 706. The van der Waals surface area contributed by atoms with Gasteiger partial charge in [0.1, 0.15) is 12.7 Å². The van der Waals surface area contributed by atoms with Gasteiger partial charge in [0.25, 0.3) is 0 Å². The number of carboxylic acid groups (broad SMARTS) is 2. The van der Waals surface area contributed by atoms with Crippen molar-refractivity contribution < 1.29 is 38.9 Å². The Hall–Kier alpha value is -2.90. The van der Waals surface area contributed by atoms with E-state index in [0.717, 1.165) is 51.4 Å². The maximum absolute atomic E-state index is 11.6. The molecular formula is C23H32O8. The van der Waals surface area contributed by atoms with Crippen LogP contribution in [-0.4, -0.2) is 46.8 Å². The monoisotopic (exact) mass is 436 g/mol. The van der Waals surface area contributed by atoms with Gasteiger partial charge in [-0.05, 0) is 31.9 Å². The van der Waals surface area contributed by atoms with Gasteiger partial charge in [0.05, 0.1) is 11.1 Å². The van der Waals surface area contributed by atoms with Crippen molar-refractivity contribution in [2.24, 2.45) is 0 Å². The van der Waals surface area contributed by atoms with Crippen LogP contribution in [0.3, 0.4) is 0 Å². The van der Waals surface area contributed by atoms with Gasteiger partial charge in [-0.2, -0.15) is 0 Å². The van der Waals surface area contributed by atoms with Gasteiger partial charge >= 0.3 is 23.9 Å². The summed E-state index contributed by atoms with van der Waals surface area (Å²) in [7, 11) is 0. The fraction of sp³-hybridized carbons (Fsp3) is 0.565. The predicted octanol–water partition coefficient (Wildman–Crippen LogP) is 4.46. The molecule has 0 bridgehead atoms. The summed E-state index contributed by atoms with van der Waals surface area (Å²) in [6, 6.07) is 6.46. The lowest BCUT2D eigenvalue weighted by Crippen LogP contribution is -2.27. The van der Waals surface area contributed by atoms with Crippen molar-refractivity contribution in [2.45, 2.75) is 77.2 Å². The van der Waals surface area contributed by atoms with Crippen LogP contribution in [-0.2, 0) is 19.1 Å². The molecule has 31 heavy (non-hydrogen) atoms. The molecule has 1 aliphatic rings. The van der Waals surface area contributed by atoms with E-state index in [1.807, 2.05) is 0 Å². The molecular weight excluding hydrogens is 404 g/mol. The second kappa shape index (κ2) is 15.0. The Balaban J connectivity index is 0.000000310. The number of hydrogen-bond acceptors (Lipinski definition) is 6. The lowest BCUT2D eigenvalue weighted by molar-refractivity contribution is -0.138. The molecule has 2 N–H and O–H groups in total. The summed E-state index contributed by atoms with van der Waals surface area (Å²) >= 11 is 0. The lowest BCUT2D eigenvalue weighted by atomic mass is 10.1. The molecule has 8 heteroatoms. The SMILES string of the molecule is CC1COC(=O)c2ccccc2C(=O)O1.O=C(O)CCCCCCCCCCC(=O)O. The van der Waals surface area contributed by atoms with E-state index < -0.39 is 30.0 Å². The summed E-state index contributed by atoms with van der Waals surface area (Å²) in [5.74, 6) is -2.38. The molecule has 0 fully saturated rings. The Morgan fingerprint density at radius 1 is 0.806 bits per heavy atom. The quantitative estimate of drug-likeness (QED) is 0.384. The van der Waals surface area contributed by atoms with Crippen molar-refractivity contribution >= 4 is 23.9 Å². The van der Waals surface area contributed by atoms with Crippen LogP contribution in [0.2, 0.25) is 0 Å². The first-order valence-electron chi connectivity index (χ1n) is 10.7. The van der Waals surface area contributed by atoms with Gasteiger partial charge in [0.15, 0.2) is 0 Å². The summed E-state index contributed by atoms with van der Waals surface area (Å²) in [6.07, 6.45) is 8.11. The Morgan fingerprint density at radius 3 is 1.68 bits per heavy atom. The maximum Gasteiger partial charge on any atom is 0.339 e. The van der Waals surface area contributed by atoms with Crippen LogP contribution in [0.25, 0.3) is 0 Å². The van der Waals surface area contributed by atoms with Crippen LogP contribution in [0.15, 0.2) is 24.3 Å². The van der Waals surface area contributed by atoms with E-state index in [1.165, 1.54) is 0 Å². The van der Waals surface area contributed by atoms with Crippen molar-refractivity contribution in [1.29, 1.82) is 0 Å². The predicted molar refractivity (Wildman–Crippen MR) is 113 cm³/mol. The van der Waals surface area contributed by atoms with E-state index in [2.05, 4.69) is 0 Å². The van der Waals surface area contributed by atoms with Gasteiger partial charge in [-0.15, -0.1) is 0 Å². The number of esters is 2. The van der Waals surface area contributed by atoms with E-state index in [-0.39, 0.29) is 30.6 Å². The third kappa shape index (κ3) is 11.8. The molecule has 8 nitrogen and oxygen atoms in total. The van der Waals surface area contributed by atoms with E-state index in [0.29, 0.717) is 0 Å². The highest BCUT2D eigenvalue weighted by molar-refractivity contribution is 6.03. The van der Waals surface area contributed by atoms with Crippen LogP contribution in [0.4, 0.5) is 0 Å². The van der Waals surface area contributed by atoms with E-state index in [1.54, 1.807) is 31.2 Å². The number of aliphatic carboxylic acids is 2. The fourth-order valence-corrected chi connectivity index (χ4v) is 3.00. The molecule has 0 radical (unpaired) electrons. The van der Waals surface area contributed by atoms with Gasteiger partial charge < -0.3 is 19.7 Å². The summed E-state index contributed by atoms with van der Waals surface area (Å²) in [6.45, 7) is 1.78. The van der Waals surface area contributed by atoms with Gasteiger partial charge in [0, 0.05) is 12.8 Å². The average molecular weight is 437 g/mol. The summed E-state index contributed by atoms with van der Waals surface area (Å²) in [5.41, 5.74) is 0.517. The molecule has 1 atom stereocenters. The number of carbonyl (C=O) groups excluding carboxylic acids is 2. The third-order valence-corrected chi connectivity index (χ3v) is 4.66. The smallest absolute Gasteiger partial charge is 0.339 e. The van der Waals surface area contributed by atoms with Gasteiger partial charge in [-0.1, -0.05) is 50.7 Å². The number of carboxylic acids is 2. The van der Waals surface area contributed by atoms with Crippen LogP contribution in [0, 0.1) is 0 Å². The van der Waals surface area contributed by atoms with Crippen molar-refractivity contribution in [3.63, 3.8) is 0 Å². The molecule has 1 aliphatic heterocycles. The second-order valence-electron chi connectivity index (χ2n) is 7.48. The first-order chi connectivity index (χ1) is 14.8. The maximum atomic E-state index is 11.6. The topological polar surface area (TPSA) is 127 Å². The molecule has 1 aromatic carbocycles. The number of cyclic esters (lactones) is 2. The Labute approximate surface area is 182 Å². The fourth-order valence-electron chi connectivity index (χ4n) is 3.00. The number of carbonyl (C=O) groups is 4. The summed E-state index contributed by atoms with van der Waals surface area (Å²) in [5, 5.41) is 16.8. The number of ether oxygens (including phenoxy) is 2. The van der Waals surface area contributed by atoms with Crippen molar-refractivity contribution in [3.8, 4) is 0 Å². The van der Waals surface area contributed by atoms with E-state index >= 15 is 0 Å². The largest absolute Gasteiger partial charge is 0.481 e. The molecule has 0 saturated carbocycles. The lowest BCUT2D eigenvalue weighted by Gasteiger charge is -2.18. The molecule has 0 saturated heterocycles. The summed E-state index contributed by atoms with van der Waals surface area (Å²) < 4.78 is 10.0. The van der Waals surface area contributed by atoms with Crippen LogP contribution < -0.4 is 0 Å². The molecule has 172 valence electrons. The number of hydrogen-bond donors (Lipinski definition) is 2. The van der Waals surface area contributed by atoms with Crippen LogP contribution in [0.1, 0.15) is 91.8 Å². The minimum Gasteiger partial charge on any atom is -0.481 e. The van der Waals surface area contributed by atoms with Gasteiger partial charge in [0.2, 0.25) is 0 Å². The first kappa shape index (κ1) is 26.1. The standard InChI is InChI=1S/C12H22O4.C11H10O4/c13-11(14)9-7-5-3-1-2-4-6-8-10-12(15)16;1-7-6-14-10(12)8-4-2-3-5-9(8)11(13)15-7/h1-10H2,(H,13,14)(H,15,16);2-5,7H,6H2,1H3. The average Bonchev–Trinajstić information content (AvgIpc) is 2.72. The number of unbranched alkanes of at least 4 members (excludes halogenated alkanes) is 7. The van der Waals surface area contributed by atoms with Crippen LogP contribution in [0.5, 0.6) is 0 Å². The third-order valence-electron chi connectivity index (χ3n) is 4.66. The molecule has 0 aromatic heterocycles. The molecule has 1 aromatic rings. The molecule has 0 aliphatic carbocycles. The molecule has 0 spiro atoms. The minimum absolute atomic E-state index is 0.0961. The first-order valence-corrected chi connectivity index (χ1v) is 10.7. The molecule has 2 rings (SSSR count). The number of fused-ring (bicyclic) bond motifs is 1. The molecule has 1 heterocycles. The number of benzene rings is 1. The second-order valence-corrected chi connectivity index (χ2v) is 7.48. The van der Waals surface area contributed by atoms with E-state index in [4.69, 9.17) is 19.7 Å². The minimum atomic E-state index is -0.714. The van der Waals surface area contributed by atoms with E-state index in [9.17, 15) is 19.2 Å². The van der Waals surface area contributed by atoms with Crippen molar-refractivity contribution in [2.75, 3.05) is 6.61 Å². The normalized spacial score (nSPS) is 15.3. The zero-order valence-electron chi connectivity index (χ0n) is 18.0. The number of rotatable bonds is 11. The Morgan fingerprint density at radius 2 is 1.23 bits per heavy atom. The molecule has 0 amide bonds. The Kier molecular flexibility index (Phi) is 12.6. The highest BCUT2D eigenvalue weighted by Crippen LogP contribution is 2.15. The van der Waals surface area contributed by atoms with Crippen molar-refractivity contribution in [1.82, 2.24) is 0 Å². The van der Waals surface area contributed by atoms with Crippen molar-refractivity contribution in [3.05, 3.63) is 35.4 Å². The zero-order chi connectivity index (χ0) is 23.1. The highest BCUT2D eigenvalue weighted by atomic mass is 16.6. The summed E-state index contributed by atoms with van der Waals surface area (Å²) in [4.78, 5) is 43.5. The highest BCUT2D eigenvalue weighted by Gasteiger charge is 2.24.